The van der Waals surface area contributed by atoms with Crippen molar-refractivity contribution in [2.45, 2.75) is 13.8 Å². The molecule has 0 spiro atoms. The van der Waals surface area contributed by atoms with E-state index in [0.717, 1.165) is 16.8 Å². The molecule has 1 aliphatic rings. The van der Waals surface area contributed by atoms with Crippen molar-refractivity contribution in [1.29, 1.82) is 0 Å². The molecule has 3 aromatic carbocycles. The van der Waals surface area contributed by atoms with Crippen LogP contribution >= 0.6 is 11.6 Å². The quantitative estimate of drug-likeness (QED) is 0.551. The summed E-state index contributed by atoms with van der Waals surface area (Å²) in [5, 5.41) is 3.78. The second kappa shape index (κ2) is 8.28. The molecule has 0 unspecified atom stereocenters. The molecule has 3 aromatic rings. The number of ether oxygens (including phenoxy) is 1. The molecule has 0 radical (unpaired) electrons. The number of methoxy groups -OCH3 is 1. The molecule has 0 atom stereocenters. The number of nitrogens with one attached hydrogen (secondary N) is 1. The first-order valence-electron chi connectivity index (χ1n) is 9.76. The van der Waals surface area contributed by atoms with E-state index in [0.29, 0.717) is 27.6 Å². The SMILES string of the molecule is COc1cccc(N2C(=O)C(Nc3cc(C)ccc3C)=C(c3ccc(Cl)cc3)C2=O)c1. The molecule has 1 N–H and O–H groups in total. The fourth-order valence-corrected chi connectivity index (χ4v) is 3.65. The van der Waals surface area contributed by atoms with Crippen molar-refractivity contribution in [2.75, 3.05) is 17.3 Å². The van der Waals surface area contributed by atoms with E-state index in [4.69, 9.17) is 16.3 Å². The predicted molar refractivity (Wildman–Crippen MR) is 123 cm³/mol. The van der Waals surface area contributed by atoms with Crippen LogP contribution < -0.4 is 15.0 Å². The summed E-state index contributed by atoms with van der Waals surface area (Å²) in [5.74, 6) is -0.278. The van der Waals surface area contributed by atoms with E-state index in [2.05, 4.69) is 5.32 Å². The monoisotopic (exact) mass is 432 g/mol. The van der Waals surface area contributed by atoms with Crippen molar-refractivity contribution in [2.24, 2.45) is 0 Å². The lowest BCUT2D eigenvalue weighted by Crippen LogP contribution is -2.32. The highest BCUT2D eigenvalue weighted by Gasteiger charge is 2.40. The zero-order chi connectivity index (χ0) is 22.1. The van der Waals surface area contributed by atoms with Gasteiger partial charge in [0.15, 0.2) is 0 Å². The lowest BCUT2D eigenvalue weighted by Gasteiger charge is -2.16. The van der Waals surface area contributed by atoms with Gasteiger partial charge < -0.3 is 10.1 Å². The minimum Gasteiger partial charge on any atom is -0.497 e. The van der Waals surface area contributed by atoms with Crippen LogP contribution in [0.25, 0.3) is 5.57 Å². The van der Waals surface area contributed by atoms with E-state index in [1.54, 1.807) is 48.5 Å². The molecular formula is C25H21ClN2O3. The van der Waals surface area contributed by atoms with Gasteiger partial charge >= 0.3 is 0 Å². The molecule has 4 rings (SSSR count). The van der Waals surface area contributed by atoms with E-state index in [1.807, 2.05) is 32.0 Å². The number of nitrogens with zero attached hydrogens (tertiary/aromatic N) is 1. The number of rotatable bonds is 5. The Morgan fingerprint density at radius 1 is 0.903 bits per heavy atom. The first-order valence-corrected chi connectivity index (χ1v) is 10.1. The number of carbonyl (C=O) groups excluding carboxylic acids is 2. The number of halogens is 1. The molecule has 0 saturated heterocycles. The fraction of sp³-hybridized carbons (Fsp3) is 0.120. The third kappa shape index (κ3) is 3.92. The molecular weight excluding hydrogens is 412 g/mol. The summed E-state index contributed by atoms with van der Waals surface area (Å²) in [6.45, 7) is 3.93. The van der Waals surface area contributed by atoms with E-state index in [1.165, 1.54) is 12.0 Å². The van der Waals surface area contributed by atoms with E-state index >= 15 is 0 Å². The zero-order valence-electron chi connectivity index (χ0n) is 17.4. The van der Waals surface area contributed by atoms with Crippen LogP contribution in [0.15, 0.2) is 72.4 Å². The van der Waals surface area contributed by atoms with Gasteiger partial charge in [0.1, 0.15) is 11.4 Å². The summed E-state index contributed by atoms with van der Waals surface area (Å²) >= 11 is 6.04. The van der Waals surface area contributed by atoms with E-state index in [9.17, 15) is 9.59 Å². The normalized spacial score (nSPS) is 13.7. The Morgan fingerprint density at radius 3 is 2.35 bits per heavy atom. The maximum absolute atomic E-state index is 13.5. The standard InChI is InChI=1S/C25H21ClN2O3/c1-15-7-8-16(2)21(13-15)27-23-22(17-9-11-18(26)12-10-17)24(29)28(25(23)30)19-5-4-6-20(14-19)31-3/h4-14,27H,1-3H3. The molecule has 0 aliphatic carbocycles. The lowest BCUT2D eigenvalue weighted by molar-refractivity contribution is -0.120. The molecule has 1 aliphatic heterocycles. The Kier molecular flexibility index (Phi) is 5.53. The average Bonchev–Trinajstić information content (AvgIpc) is 3.01. The number of carbonyl (C=O) groups is 2. The third-order valence-electron chi connectivity index (χ3n) is 5.18. The first kappa shape index (κ1) is 20.7. The minimum atomic E-state index is -0.427. The lowest BCUT2D eigenvalue weighted by atomic mass is 10.0. The topological polar surface area (TPSA) is 58.6 Å². The molecule has 2 amide bonds. The molecule has 0 fully saturated rings. The Morgan fingerprint density at radius 2 is 1.65 bits per heavy atom. The smallest absolute Gasteiger partial charge is 0.282 e. The van der Waals surface area contributed by atoms with Crippen LogP contribution in [0.4, 0.5) is 11.4 Å². The van der Waals surface area contributed by atoms with Crippen molar-refractivity contribution >= 4 is 40.4 Å². The number of hydrogen-bond acceptors (Lipinski definition) is 4. The molecule has 5 nitrogen and oxygen atoms in total. The van der Waals surface area contributed by atoms with Crippen LogP contribution in [0, 0.1) is 13.8 Å². The number of imide groups is 1. The van der Waals surface area contributed by atoms with Crippen LogP contribution in [0.5, 0.6) is 5.75 Å². The largest absolute Gasteiger partial charge is 0.497 e. The maximum Gasteiger partial charge on any atom is 0.282 e. The van der Waals surface area contributed by atoms with Crippen LogP contribution in [-0.2, 0) is 9.59 Å². The van der Waals surface area contributed by atoms with Gasteiger partial charge in [-0.05, 0) is 60.9 Å². The number of anilines is 2. The fourth-order valence-electron chi connectivity index (χ4n) is 3.52. The molecule has 0 saturated carbocycles. The van der Waals surface area contributed by atoms with Crippen LogP contribution in [0.1, 0.15) is 16.7 Å². The highest BCUT2D eigenvalue weighted by atomic mass is 35.5. The predicted octanol–water partition coefficient (Wildman–Crippen LogP) is 5.36. The van der Waals surface area contributed by atoms with Gasteiger partial charge in [-0.2, -0.15) is 0 Å². The Bertz CT molecular complexity index is 1220. The molecule has 156 valence electrons. The van der Waals surface area contributed by atoms with E-state index in [-0.39, 0.29) is 5.70 Å². The van der Waals surface area contributed by atoms with Crippen molar-refractivity contribution in [1.82, 2.24) is 0 Å². The van der Waals surface area contributed by atoms with Gasteiger partial charge in [-0.1, -0.05) is 41.9 Å². The van der Waals surface area contributed by atoms with Crippen molar-refractivity contribution in [3.05, 3.63) is 94.1 Å². The molecule has 1 heterocycles. The zero-order valence-corrected chi connectivity index (χ0v) is 18.2. The van der Waals surface area contributed by atoms with Gasteiger partial charge in [0.25, 0.3) is 11.8 Å². The molecule has 31 heavy (non-hydrogen) atoms. The van der Waals surface area contributed by atoms with Crippen LogP contribution in [-0.4, -0.2) is 18.9 Å². The van der Waals surface area contributed by atoms with Gasteiger partial charge in [0.2, 0.25) is 0 Å². The number of amides is 2. The minimum absolute atomic E-state index is 0.226. The van der Waals surface area contributed by atoms with Crippen molar-refractivity contribution < 1.29 is 14.3 Å². The summed E-state index contributed by atoms with van der Waals surface area (Å²) in [6, 6.07) is 19.7. The van der Waals surface area contributed by atoms with Gasteiger partial charge in [-0.3, -0.25) is 9.59 Å². The summed E-state index contributed by atoms with van der Waals surface area (Å²) < 4.78 is 5.27. The summed E-state index contributed by atoms with van der Waals surface area (Å²) in [7, 11) is 1.54. The molecule has 0 bridgehead atoms. The van der Waals surface area contributed by atoms with Gasteiger partial charge in [0, 0.05) is 16.8 Å². The van der Waals surface area contributed by atoms with Crippen LogP contribution in [0.3, 0.4) is 0 Å². The Labute approximate surface area is 185 Å². The van der Waals surface area contributed by atoms with Crippen molar-refractivity contribution in [3.8, 4) is 5.75 Å². The van der Waals surface area contributed by atoms with Crippen molar-refractivity contribution in [3.63, 3.8) is 0 Å². The third-order valence-corrected chi connectivity index (χ3v) is 5.43. The highest BCUT2D eigenvalue weighted by molar-refractivity contribution is 6.46. The van der Waals surface area contributed by atoms with Crippen LogP contribution in [0.2, 0.25) is 5.02 Å². The highest BCUT2D eigenvalue weighted by Crippen LogP contribution is 2.35. The molecule has 0 aromatic heterocycles. The number of benzene rings is 3. The summed E-state index contributed by atoms with van der Waals surface area (Å²) in [5.41, 5.74) is 4.36. The Hall–Kier alpha value is -3.57. The summed E-state index contributed by atoms with van der Waals surface area (Å²) in [4.78, 5) is 28.1. The van der Waals surface area contributed by atoms with E-state index < -0.39 is 11.8 Å². The Balaban J connectivity index is 1.84. The first-order chi connectivity index (χ1) is 14.9. The average molecular weight is 433 g/mol. The number of aryl methyl sites for hydroxylation is 2. The summed E-state index contributed by atoms with van der Waals surface area (Å²) in [6.07, 6.45) is 0. The maximum atomic E-state index is 13.5. The second-order valence-electron chi connectivity index (χ2n) is 7.35. The number of hydrogen-bond donors (Lipinski definition) is 1. The second-order valence-corrected chi connectivity index (χ2v) is 7.78. The molecule has 6 heteroatoms. The van der Waals surface area contributed by atoms with Gasteiger partial charge in [-0.25, -0.2) is 4.90 Å². The van der Waals surface area contributed by atoms with Gasteiger partial charge in [0.05, 0.1) is 18.4 Å². The van der Waals surface area contributed by atoms with Gasteiger partial charge in [-0.15, -0.1) is 0 Å².